The van der Waals surface area contributed by atoms with E-state index in [0.29, 0.717) is 12.1 Å². The van der Waals surface area contributed by atoms with Crippen LogP contribution in [0.4, 0.5) is 5.82 Å². The van der Waals surface area contributed by atoms with Crippen LogP contribution in [-0.4, -0.2) is 44.4 Å². The minimum atomic E-state index is -0.121. The van der Waals surface area contributed by atoms with Gasteiger partial charge >= 0.3 is 0 Å². The lowest BCUT2D eigenvalue weighted by atomic mass is 9.96. The molecule has 4 aromatic rings. The standard InChI is InChI=1S/C24H25N7O.H2S/c1-4-21-28-12-16(13-29-21)20-10-22(31-14-30-20)27-11-15(2)17-6-5-7-18-19(24(32)25-3)8-9-26-23(17)18;/h5-10,12-15H,4,11H2,1-3H3,(H,25,32)(H,27,30,31);1H2/t15-;/m1./s1. The van der Waals surface area contributed by atoms with Gasteiger partial charge in [0.15, 0.2) is 0 Å². The highest BCUT2D eigenvalue weighted by atomic mass is 32.1. The normalized spacial score (nSPS) is 11.5. The highest BCUT2D eigenvalue weighted by Crippen LogP contribution is 2.27. The van der Waals surface area contributed by atoms with Crippen LogP contribution in [0.15, 0.2) is 55.2 Å². The van der Waals surface area contributed by atoms with Gasteiger partial charge in [0.25, 0.3) is 5.91 Å². The van der Waals surface area contributed by atoms with Crippen molar-refractivity contribution in [3.05, 3.63) is 72.2 Å². The SMILES string of the molecule is CCc1ncc(-c2cc(NC[C@@H](C)c3cccc4c(C(=O)NC)ccnc34)ncn2)cn1.S. The molecular formula is C24H27N7OS. The highest BCUT2D eigenvalue weighted by molar-refractivity contribution is 7.59. The summed E-state index contributed by atoms with van der Waals surface area (Å²) in [4.78, 5) is 34.2. The zero-order valence-electron chi connectivity index (χ0n) is 18.8. The van der Waals surface area contributed by atoms with Crippen LogP contribution in [0.25, 0.3) is 22.2 Å². The van der Waals surface area contributed by atoms with Crippen molar-refractivity contribution in [1.29, 1.82) is 0 Å². The summed E-state index contributed by atoms with van der Waals surface area (Å²) in [6, 6.07) is 9.58. The van der Waals surface area contributed by atoms with Gasteiger partial charge in [-0.2, -0.15) is 13.5 Å². The average Bonchev–Trinajstić information content (AvgIpc) is 2.86. The first-order valence-corrected chi connectivity index (χ1v) is 10.6. The molecular weight excluding hydrogens is 434 g/mol. The molecule has 1 amide bonds. The lowest BCUT2D eigenvalue weighted by molar-refractivity contribution is 0.0964. The molecule has 0 radical (unpaired) electrons. The molecule has 9 heteroatoms. The molecule has 3 heterocycles. The fraction of sp³-hybridized carbons (Fsp3) is 0.250. The van der Waals surface area contributed by atoms with Gasteiger partial charge in [0, 0.05) is 61.5 Å². The molecule has 0 spiro atoms. The molecule has 0 aliphatic heterocycles. The third-order valence-corrected chi connectivity index (χ3v) is 5.38. The number of pyridine rings is 1. The van der Waals surface area contributed by atoms with E-state index in [1.54, 1.807) is 31.7 Å². The van der Waals surface area contributed by atoms with Crippen molar-refractivity contribution in [1.82, 2.24) is 30.2 Å². The Kier molecular flexibility index (Phi) is 7.89. The van der Waals surface area contributed by atoms with E-state index in [-0.39, 0.29) is 25.3 Å². The van der Waals surface area contributed by atoms with Gasteiger partial charge in [0.1, 0.15) is 18.0 Å². The predicted octanol–water partition coefficient (Wildman–Crippen LogP) is 3.73. The van der Waals surface area contributed by atoms with Crippen LogP contribution in [0.2, 0.25) is 0 Å². The second-order valence-electron chi connectivity index (χ2n) is 7.49. The second-order valence-corrected chi connectivity index (χ2v) is 7.49. The topological polar surface area (TPSA) is 106 Å². The fourth-order valence-corrected chi connectivity index (χ4v) is 3.58. The molecule has 2 N–H and O–H groups in total. The number of aryl methyl sites for hydroxylation is 1. The predicted molar refractivity (Wildman–Crippen MR) is 135 cm³/mol. The molecule has 0 saturated heterocycles. The number of carbonyl (C=O) groups excluding carboxylic acids is 1. The minimum Gasteiger partial charge on any atom is -0.369 e. The maximum Gasteiger partial charge on any atom is 0.251 e. The zero-order valence-corrected chi connectivity index (χ0v) is 19.8. The summed E-state index contributed by atoms with van der Waals surface area (Å²) in [6.45, 7) is 4.79. The van der Waals surface area contributed by atoms with E-state index in [2.05, 4.69) is 42.5 Å². The van der Waals surface area contributed by atoms with E-state index in [0.717, 1.165) is 45.8 Å². The van der Waals surface area contributed by atoms with E-state index in [9.17, 15) is 4.79 Å². The molecule has 0 aliphatic carbocycles. The number of nitrogens with one attached hydrogen (secondary N) is 2. The van der Waals surface area contributed by atoms with Crippen molar-refractivity contribution in [3.8, 4) is 11.3 Å². The van der Waals surface area contributed by atoms with E-state index in [1.165, 1.54) is 6.33 Å². The zero-order chi connectivity index (χ0) is 22.5. The first kappa shape index (κ1) is 24.1. The Balaban J connectivity index is 0.00000306. The number of rotatable bonds is 7. The monoisotopic (exact) mass is 461 g/mol. The van der Waals surface area contributed by atoms with Crippen molar-refractivity contribution in [3.63, 3.8) is 0 Å². The Morgan fingerprint density at radius 1 is 1.06 bits per heavy atom. The van der Waals surface area contributed by atoms with E-state index in [4.69, 9.17) is 0 Å². The van der Waals surface area contributed by atoms with Crippen molar-refractivity contribution < 1.29 is 4.79 Å². The number of benzene rings is 1. The molecule has 1 aromatic carbocycles. The van der Waals surface area contributed by atoms with Crippen LogP contribution >= 0.6 is 13.5 Å². The number of amides is 1. The maximum atomic E-state index is 12.2. The molecule has 0 unspecified atom stereocenters. The molecule has 0 saturated carbocycles. The number of carbonyl (C=O) groups is 1. The smallest absolute Gasteiger partial charge is 0.251 e. The summed E-state index contributed by atoms with van der Waals surface area (Å²) in [6.07, 6.45) is 7.57. The third-order valence-electron chi connectivity index (χ3n) is 5.38. The summed E-state index contributed by atoms with van der Waals surface area (Å²) in [5, 5.41) is 6.93. The van der Waals surface area contributed by atoms with Crippen LogP contribution in [0.3, 0.4) is 0 Å². The molecule has 4 rings (SSSR count). The maximum absolute atomic E-state index is 12.2. The van der Waals surface area contributed by atoms with E-state index in [1.807, 2.05) is 31.2 Å². The quantitative estimate of drug-likeness (QED) is 0.432. The van der Waals surface area contributed by atoms with Crippen LogP contribution in [-0.2, 0) is 6.42 Å². The Bertz CT molecular complexity index is 1250. The number of anilines is 1. The lowest BCUT2D eigenvalue weighted by Crippen LogP contribution is -2.18. The molecule has 33 heavy (non-hydrogen) atoms. The van der Waals surface area contributed by atoms with Crippen molar-refractivity contribution in [2.45, 2.75) is 26.2 Å². The summed E-state index contributed by atoms with van der Waals surface area (Å²) in [5.41, 5.74) is 4.13. The van der Waals surface area contributed by atoms with E-state index >= 15 is 0 Å². The molecule has 170 valence electrons. The number of hydrogen-bond donors (Lipinski definition) is 2. The summed E-state index contributed by atoms with van der Waals surface area (Å²) in [5.74, 6) is 1.54. The molecule has 0 aliphatic rings. The first-order chi connectivity index (χ1) is 15.6. The molecule has 0 bridgehead atoms. The number of aromatic nitrogens is 5. The second kappa shape index (κ2) is 10.8. The number of para-hydroxylation sites is 1. The molecule has 3 aromatic heterocycles. The van der Waals surface area contributed by atoms with Crippen LogP contribution in [0.1, 0.15) is 41.5 Å². The first-order valence-electron chi connectivity index (χ1n) is 10.6. The Labute approximate surface area is 199 Å². The summed E-state index contributed by atoms with van der Waals surface area (Å²) in [7, 11) is 1.63. The Hall–Kier alpha value is -3.59. The molecule has 8 nitrogen and oxygen atoms in total. The van der Waals surface area contributed by atoms with Gasteiger partial charge in [-0.15, -0.1) is 0 Å². The van der Waals surface area contributed by atoms with Crippen molar-refractivity contribution in [2.75, 3.05) is 18.9 Å². The number of fused-ring (bicyclic) bond motifs is 1. The molecule has 0 fully saturated rings. The van der Waals surface area contributed by atoms with Gasteiger partial charge in [-0.3, -0.25) is 9.78 Å². The Morgan fingerprint density at radius 2 is 1.85 bits per heavy atom. The van der Waals surface area contributed by atoms with Gasteiger partial charge in [0.05, 0.1) is 16.8 Å². The van der Waals surface area contributed by atoms with Crippen LogP contribution in [0, 0.1) is 0 Å². The number of hydrogen-bond acceptors (Lipinski definition) is 7. The largest absolute Gasteiger partial charge is 0.369 e. The van der Waals surface area contributed by atoms with Crippen LogP contribution in [0.5, 0.6) is 0 Å². The lowest BCUT2D eigenvalue weighted by Gasteiger charge is -2.16. The summed E-state index contributed by atoms with van der Waals surface area (Å²) >= 11 is 0. The third kappa shape index (κ3) is 5.25. The molecule has 1 atom stereocenters. The van der Waals surface area contributed by atoms with Gasteiger partial charge in [0.2, 0.25) is 0 Å². The Morgan fingerprint density at radius 3 is 2.58 bits per heavy atom. The summed E-state index contributed by atoms with van der Waals surface area (Å²) < 4.78 is 0. The van der Waals surface area contributed by atoms with Gasteiger partial charge in [-0.05, 0) is 11.6 Å². The van der Waals surface area contributed by atoms with E-state index < -0.39 is 0 Å². The van der Waals surface area contributed by atoms with Crippen LogP contribution < -0.4 is 10.6 Å². The average molecular weight is 462 g/mol. The highest BCUT2D eigenvalue weighted by Gasteiger charge is 2.15. The van der Waals surface area contributed by atoms with Gasteiger partial charge in [-0.25, -0.2) is 19.9 Å². The fourth-order valence-electron chi connectivity index (χ4n) is 3.58. The minimum absolute atomic E-state index is 0. The number of nitrogens with zero attached hydrogens (tertiary/aromatic N) is 5. The van der Waals surface area contributed by atoms with Crippen molar-refractivity contribution in [2.24, 2.45) is 0 Å². The van der Waals surface area contributed by atoms with Gasteiger partial charge < -0.3 is 10.6 Å². The van der Waals surface area contributed by atoms with Gasteiger partial charge in [-0.1, -0.05) is 32.0 Å². The van der Waals surface area contributed by atoms with Crippen molar-refractivity contribution >= 4 is 36.1 Å².